The molecule has 15 heteroatoms. The van der Waals surface area contributed by atoms with Crippen molar-refractivity contribution in [3.63, 3.8) is 0 Å². The number of carbonyl (C=O) groups excluding carboxylic acids is 2. The van der Waals surface area contributed by atoms with E-state index in [1.807, 2.05) is 11.0 Å². The molecule has 3 N–H and O–H groups in total. The number of nitrogens with two attached hydrogens (primary N) is 1. The summed E-state index contributed by atoms with van der Waals surface area (Å²) in [4.78, 5) is 37.3. The molecule has 3 fully saturated rings. The van der Waals surface area contributed by atoms with Crippen LogP contribution in [0, 0.1) is 5.92 Å². The van der Waals surface area contributed by atoms with E-state index in [1.54, 1.807) is 10.6 Å². The number of nitrogen functional groups attached to an aromatic ring is 1. The second-order valence-corrected chi connectivity index (χ2v) is 11.4. The second-order valence-electron chi connectivity index (χ2n) is 11.4. The minimum Gasteiger partial charge on any atom is -0.480 e. The highest BCUT2D eigenvalue weighted by molar-refractivity contribution is 5.98. The van der Waals surface area contributed by atoms with E-state index >= 15 is 0 Å². The van der Waals surface area contributed by atoms with Gasteiger partial charge in [-0.1, -0.05) is 0 Å². The van der Waals surface area contributed by atoms with Gasteiger partial charge in [0.2, 0.25) is 5.88 Å². The van der Waals surface area contributed by atoms with E-state index < -0.39 is 30.1 Å². The van der Waals surface area contributed by atoms with Gasteiger partial charge in [0.05, 0.1) is 32.0 Å². The Balaban J connectivity index is 1.23. The van der Waals surface area contributed by atoms with Gasteiger partial charge >= 0.3 is 6.09 Å². The molecule has 1 aliphatic carbocycles. The quantitative estimate of drug-likeness (QED) is 0.398. The van der Waals surface area contributed by atoms with E-state index in [9.17, 15) is 22.8 Å². The maximum atomic E-state index is 14.9. The molecule has 2 saturated heterocycles. The number of carbonyl (C=O) groups is 2. The molecule has 0 aromatic carbocycles. The number of hydrogen-bond donors (Lipinski definition) is 2. The molecule has 3 aromatic heterocycles. The number of anilines is 1. The van der Waals surface area contributed by atoms with Gasteiger partial charge in [-0.25, -0.2) is 32.4 Å². The van der Waals surface area contributed by atoms with Gasteiger partial charge in [0, 0.05) is 50.8 Å². The molecule has 0 radical (unpaired) electrons. The number of halogens is 3. The number of methoxy groups -OCH3 is 1. The molecule has 12 nitrogen and oxygen atoms in total. The number of hydrogen-bond acceptors (Lipinski definition) is 9. The molecule has 6 rings (SSSR count). The molecule has 0 bridgehead atoms. The highest BCUT2D eigenvalue weighted by atomic mass is 19.3. The number of nitrogens with one attached hydrogen (secondary N) is 1. The number of alkyl halides is 3. The maximum Gasteiger partial charge on any atom is 0.409 e. The summed E-state index contributed by atoms with van der Waals surface area (Å²) in [5, 5.41) is 7.02. The number of ether oxygens (including phenoxy) is 2. The van der Waals surface area contributed by atoms with Crippen LogP contribution in [-0.2, 0) is 11.3 Å². The third kappa shape index (κ3) is 6.17. The monoisotopic (exact) mass is 602 g/mol. The number of amides is 2. The van der Waals surface area contributed by atoms with Crippen LogP contribution in [0.2, 0.25) is 0 Å². The Morgan fingerprint density at radius 1 is 1.16 bits per heavy atom. The van der Waals surface area contributed by atoms with Crippen molar-refractivity contribution in [2.75, 3.05) is 45.6 Å². The summed E-state index contributed by atoms with van der Waals surface area (Å²) in [5.74, 6) is -2.67. The summed E-state index contributed by atoms with van der Waals surface area (Å²) in [6, 6.07) is 2.42. The fourth-order valence-electron chi connectivity index (χ4n) is 5.53. The van der Waals surface area contributed by atoms with Crippen molar-refractivity contribution in [3.05, 3.63) is 35.8 Å². The van der Waals surface area contributed by atoms with Crippen LogP contribution in [0.25, 0.3) is 16.8 Å². The van der Waals surface area contributed by atoms with Gasteiger partial charge in [-0.2, -0.15) is 5.10 Å². The number of pyridine rings is 1. The zero-order valence-corrected chi connectivity index (χ0v) is 23.6. The number of piperidine rings is 1. The Bertz CT molecular complexity index is 1520. The first-order valence-electron chi connectivity index (χ1n) is 14.2. The van der Waals surface area contributed by atoms with Crippen molar-refractivity contribution in [1.29, 1.82) is 0 Å². The van der Waals surface area contributed by atoms with Crippen LogP contribution in [0.15, 0.2) is 24.7 Å². The average Bonchev–Trinajstić information content (AvgIpc) is 3.65. The largest absolute Gasteiger partial charge is 0.480 e. The highest BCUT2D eigenvalue weighted by Crippen LogP contribution is 2.33. The van der Waals surface area contributed by atoms with E-state index in [1.165, 1.54) is 24.5 Å². The molecule has 3 aliphatic rings. The molecule has 3 aromatic rings. The lowest BCUT2D eigenvalue weighted by molar-refractivity contribution is -0.0565. The van der Waals surface area contributed by atoms with Crippen molar-refractivity contribution >= 4 is 23.3 Å². The van der Waals surface area contributed by atoms with E-state index in [0.717, 1.165) is 18.4 Å². The Labute approximate surface area is 245 Å². The Kier molecular flexibility index (Phi) is 7.75. The highest BCUT2D eigenvalue weighted by Gasteiger charge is 2.38. The van der Waals surface area contributed by atoms with Crippen molar-refractivity contribution in [2.24, 2.45) is 5.92 Å². The third-order valence-electron chi connectivity index (χ3n) is 8.19. The van der Waals surface area contributed by atoms with Gasteiger partial charge < -0.3 is 25.4 Å². The summed E-state index contributed by atoms with van der Waals surface area (Å²) in [7, 11) is 1.37. The number of rotatable bonds is 8. The molecular weight excluding hydrogens is 569 g/mol. The maximum absolute atomic E-state index is 14.9. The van der Waals surface area contributed by atoms with E-state index in [4.69, 9.17) is 15.2 Å². The van der Waals surface area contributed by atoms with Crippen LogP contribution >= 0.6 is 0 Å². The summed E-state index contributed by atoms with van der Waals surface area (Å²) in [6.45, 7) is 0.921. The number of nitrogens with zero attached hydrogens (tertiary/aromatic N) is 6. The van der Waals surface area contributed by atoms with Gasteiger partial charge in [0.1, 0.15) is 23.6 Å². The molecule has 0 unspecified atom stereocenters. The van der Waals surface area contributed by atoms with Gasteiger partial charge in [-0.3, -0.25) is 9.69 Å². The molecule has 0 spiro atoms. The van der Waals surface area contributed by atoms with E-state index in [2.05, 4.69) is 20.4 Å². The zero-order chi connectivity index (χ0) is 30.3. The molecule has 230 valence electrons. The number of fused-ring (bicyclic) bond motifs is 1. The van der Waals surface area contributed by atoms with Crippen molar-refractivity contribution in [3.8, 4) is 17.1 Å². The van der Waals surface area contributed by atoms with Crippen molar-refractivity contribution < 1.29 is 32.2 Å². The predicted octanol–water partition coefficient (Wildman–Crippen LogP) is 2.91. The molecule has 2 amide bonds. The first kappa shape index (κ1) is 29.0. The van der Waals surface area contributed by atoms with E-state index in [0.29, 0.717) is 35.8 Å². The lowest BCUT2D eigenvalue weighted by Gasteiger charge is -2.31. The van der Waals surface area contributed by atoms with Gasteiger partial charge in [-0.05, 0) is 36.5 Å². The summed E-state index contributed by atoms with van der Waals surface area (Å²) >= 11 is 0. The van der Waals surface area contributed by atoms with Crippen LogP contribution in [0.5, 0.6) is 5.88 Å². The molecule has 5 heterocycles. The fraction of sp³-hybridized carbons (Fsp3) is 0.536. The standard InChI is InChI=1S/C28H33F3N8O4/c1-42-26-19(25(40)36-21-13-38(12-20(21)29)27(41)43-14-16-2-3-16)8-17(10-33-26)22-9-18(23-24(32)34-15-35-39(22)23)11-37-6-4-28(30,31)5-7-37/h8-10,15-16,20-21H,2-7,11-14H2,1H3,(H,36,40)(H2,32,34,35)/t20-,21+/m0/s1. The Morgan fingerprint density at radius 2 is 1.93 bits per heavy atom. The SMILES string of the molecule is COc1ncc(-c2cc(CN3CCC(F)(F)CC3)c3c(N)ncnn23)cc1C(=O)N[C@@H]1CN(C(=O)OCC2CC2)C[C@@H]1F. The Morgan fingerprint density at radius 3 is 2.65 bits per heavy atom. The van der Waals surface area contributed by atoms with Crippen LogP contribution in [0.3, 0.4) is 0 Å². The van der Waals surface area contributed by atoms with Gasteiger partial charge in [0.15, 0.2) is 5.82 Å². The molecule has 2 aliphatic heterocycles. The Hall–Kier alpha value is -4.14. The summed E-state index contributed by atoms with van der Waals surface area (Å²) < 4.78 is 54.5. The van der Waals surface area contributed by atoms with E-state index in [-0.39, 0.29) is 56.3 Å². The predicted molar refractivity (Wildman–Crippen MR) is 148 cm³/mol. The number of aromatic nitrogens is 4. The average molecular weight is 603 g/mol. The third-order valence-corrected chi connectivity index (χ3v) is 8.19. The summed E-state index contributed by atoms with van der Waals surface area (Å²) in [5.41, 5.74) is 8.56. The second kappa shape index (κ2) is 11.5. The van der Waals surface area contributed by atoms with Crippen molar-refractivity contribution in [2.45, 2.75) is 50.4 Å². The first-order chi connectivity index (χ1) is 20.6. The normalized spacial score (nSPS) is 22.1. The van der Waals surface area contributed by atoms with Crippen LogP contribution in [0.4, 0.5) is 23.8 Å². The number of likely N-dealkylation sites (tertiary alicyclic amines) is 2. The zero-order valence-electron chi connectivity index (χ0n) is 23.6. The molecular formula is C28H33F3N8O4. The minimum absolute atomic E-state index is 0.0276. The van der Waals surface area contributed by atoms with Crippen LogP contribution in [-0.4, -0.2) is 99.4 Å². The van der Waals surface area contributed by atoms with Crippen LogP contribution < -0.4 is 15.8 Å². The van der Waals surface area contributed by atoms with Crippen LogP contribution in [0.1, 0.15) is 41.6 Å². The minimum atomic E-state index is -2.67. The fourth-order valence-corrected chi connectivity index (χ4v) is 5.53. The van der Waals surface area contributed by atoms with Crippen molar-refractivity contribution in [1.82, 2.24) is 34.7 Å². The van der Waals surface area contributed by atoms with Gasteiger partial charge in [0.25, 0.3) is 11.8 Å². The molecule has 43 heavy (non-hydrogen) atoms. The lowest BCUT2D eigenvalue weighted by atomic mass is 10.1. The smallest absolute Gasteiger partial charge is 0.409 e. The summed E-state index contributed by atoms with van der Waals surface area (Å²) in [6.07, 6.45) is 2.32. The first-order valence-corrected chi connectivity index (χ1v) is 14.2. The molecule has 2 atom stereocenters. The topological polar surface area (TPSA) is 140 Å². The lowest BCUT2D eigenvalue weighted by Crippen LogP contribution is -2.42. The van der Waals surface area contributed by atoms with Gasteiger partial charge in [-0.15, -0.1) is 0 Å². The molecule has 1 saturated carbocycles.